The first-order valence-electron chi connectivity index (χ1n) is 6.98. The monoisotopic (exact) mass is 321 g/mol. The summed E-state index contributed by atoms with van der Waals surface area (Å²) in [5.74, 6) is 0.386. The predicted octanol–water partition coefficient (Wildman–Crippen LogP) is 2.98. The Balaban J connectivity index is 3.23. The molecule has 0 saturated carbocycles. The predicted molar refractivity (Wildman–Crippen MR) is 81.2 cm³/mol. The molecule has 0 aliphatic heterocycles. The number of H-pyrrole nitrogens is 1. The van der Waals surface area contributed by atoms with Crippen LogP contribution in [0.1, 0.15) is 46.1 Å². The number of halogens is 1. The number of rotatable bonds is 8. The van der Waals surface area contributed by atoms with Gasteiger partial charge in [0.25, 0.3) is 10.0 Å². The summed E-state index contributed by atoms with van der Waals surface area (Å²) in [6.07, 6.45) is 3.04. The molecule has 7 heteroatoms. The molecule has 0 amide bonds. The van der Waals surface area contributed by atoms with Crippen LogP contribution in [0.3, 0.4) is 0 Å². The molecule has 1 heterocycles. The first-order valence-corrected chi connectivity index (χ1v) is 8.95. The molecule has 0 radical (unpaired) electrons. The van der Waals surface area contributed by atoms with Crippen molar-refractivity contribution < 1.29 is 8.42 Å². The summed E-state index contributed by atoms with van der Waals surface area (Å²) in [6.45, 7) is 8.54. The summed E-state index contributed by atoms with van der Waals surface area (Å²) in [7, 11) is -3.59. The second-order valence-electron chi connectivity index (χ2n) is 5.30. The van der Waals surface area contributed by atoms with Crippen LogP contribution in [0.5, 0.6) is 0 Å². The number of hydrogen-bond donors (Lipinski definition) is 1. The van der Waals surface area contributed by atoms with E-state index in [4.69, 9.17) is 11.6 Å². The van der Waals surface area contributed by atoms with Gasteiger partial charge in [-0.3, -0.25) is 5.10 Å². The SMILES string of the molecule is CCC(CC)N(CC(C)C)S(=O)(=O)c1[nH]ncc1CCl. The number of aromatic amines is 1. The Morgan fingerprint density at radius 3 is 2.40 bits per heavy atom. The topological polar surface area (TPSA) is 66.1 Å². The van der Waals surface area contributed by atoms with Crippen LogP contribution < -0.4 is 0 Å². The van der Waals surface area contributed by atoms with Crippen LogP contribution in [0.4, 0.5) is 0 Å². The van der Waals surface area contributed by atoms with E-state index < -0.39 is 10.0 Å². The third kappa shape index (κ3) is 3.74. The molecule has 1 aromatic heterocycles. The van der Waals surface area contributed by atoms with Gasteiger partial charge in [0.15, 0.2) is 5.03 Å². The number of nitrogens with zero attached hydrogens (tertiary/aromatic N) is 2. The van der Waals surface area contributed by atoms with E-state index in [2.05, 4.69) is 10.2 Å². The van der Waals surface area contributed by atoms with E-state index in [1.54, 1.807) is 4.31 Å². The van der Waals surface area contributed by atoms with Crippen molar-refractivity contribution in [3.8, 4) is 0 Å². The number of aromatic nitrogens is 2. The summed E-state index contributed by atoms with van der Waals surface area (Å²) < 4.78 is 27.3. The molecule has 0 aliphatic carbocycles. The Labute approximate surface area is 126 Å². The lowest BCUT2D eigenvalue weighted by molar-refractivity contribution is 0.276. The number of alkyl halides is 1. The molecule has 5 nitrogen and oxygen atoms in total. The average Bonchev–Trinajstić information content (AvgIpc) is 2.87. The maximum Gasteiger partial charge on any atom is 0.260 e. The van der Waals surface area contributed by atoms with E-state index in [-0.39, 0.29) is 22.9 Å². The third-order valence-corrected chi connectivity index (χ3v) is 5.51. The molecule has 1 rings (SSSR count). The van der Waals surface area contributed by atoms with Crippen LogP contribution in [0.25, 0.3) is 0 Å². The highest BCUT2D eigenvalue weighted by Gasteiger charge is 2.33. The van der Waals surface area contributed by atoms with Crippen LogP contribution in [-0.2, 0) is 15.9 Å². The first-order chi connectivity index (χ1) is 9.38. The molecule has 0 fully saturated rings. The Morgan fingerprint density at radius 2 is 1.95 bits per heavy atom. The van der Waals surface area contributed by atoms with Crippen LogP contribution in [-0.4, -0.2) is 35.5 Å². The highest BCUT2D eigenvalue weighted by atomic mass is 35.5. The minimum atomic E-state index is -3.59. The van der Waals surface area contributed by atoms with Crippen molar-refractivity contribution in [2.24, 2.45) is 5.92 Å². The molecular weight excluding hydrogens is 298 g/mol. The Morgan fingerprint density at radius 1 is 1.35 bits per heavy atom. The molecule has 0 aromatic carbocycles. The Bertz CT molecular complexity index is 509. The highest BCUT2D eigenvalue weighted by Crippen LogP contribution is 2.24. The van der Waals surface area contributed by atoms with Crippen molar-refractivity contribution in [3.63, 3.8) is 0 Å². The van der Waals surface area contributed by atoms with E-state index in [0.717, 1.165) is 12.8 Å². The van der Waals surface area contributed by atoms with Gasteiger partial charge in [0.2, 0.25) is 0 Å². The lowest BCUT2D eigenvalue weighted by Gasteiger charge is -2.30. The van der Waals surface area contributed by atoms with Gasteiger partial charge in [-0.25, -0.2) is 8.42 Å². The van der Waals surface area contributed by atoms with Crippen molar-refractivity contribution in [3.05, 3.63) is 11.8 Å². The first kappa shape index (κ1) is 17.5. The largest absolute Gasteiger partial charge is 0.266 e. The van der Waals surface area contributed by atoms with Gasteiger partial charge in [0, 0.05) is 18.2 Å². The molecule has 0 aliphatic rings. The summed E-state index contributed by atoms with van der Waals surface area (Å²) in [4.78, 5) is 0. The second kappa shape index (κ2) is 7.43. The van der Waals surface area contributed by atoms with Crippen molar-refractivity contribution >= 4 is 21.6 Å². The van der Waals surface area contributed by atoms with Gasteiger partial charge in [0.05, 0.1) is 12.1 Å². The zero-order valence-electron chi connectivity index (χ0n) is 12.6. The molecule has 0 unspecified atom stereocenters. The summed E-state index contributed by atoms with van der Waals surface area (Å²) in [5, 5.41) is 6.53. The van der Waals surface area contributed by atoms with E-state index in [1.807, 2.05) is 27.7 Å². The maximum absolute atomic E-state index is 12.9. The molecule has 116 valence electrons. The zero-order valence-corrected chi connectivity index (χ0v) is 14.1. The average molecular weight is 322 g/mol. The normalized spacial score (nSPS) is 12.8. The second-order valence-corrected chi connectivity index (χ2v) is 7.39. The van der Waals surface area contributed by atoms with Crippen molar-refractivity contribution in [2.45, 2.75) is 57.5 Å². The minimum absolute atomic E-state index is 0.00567. The number of hydrogen-bond acceptors (Lipinski definition) is 3. The van der Waals surface area contributed by atoms with Gasteiger partial charge in [-0.15, -0.1) is 11.6 Å². The zero-order chi connectivity index (χ0) is 15.3. The Hall–Kier alpha value is -0.590. The van der Waals surface area contributed by atoms with E-state index in [9.17, 15) is 8.42 Å². The third-order valence-electron chi connectivity index (χ3n) is 3.28. The molecule has 0 spiro atoms. The highest BCUT2D eigenvalue weighted by molar-refractivity contribution is 7.89. The molecule has 0 bridgehead atoms. The van der Waals surface area contributed by atoms with Crippen molar-refractivity contribution in [2.75, 3.05) is 6.54 Å². The van der Waals surface area contributed by atoms with Crippen LogP contribution >= 0.6 is 11.6 Å². The quantitative estimate of drug-likeness (QED) is 0.748. The van der Waals surface area contributed by atoms with E-state index >= 15 is 0 Å². The standard InChI is InChI=1S/C13H24ClN3O2S/c1-5-12(6-2)17(9-10(3)4)20(18,19)13-11(7-14)8-15-16-13/h8,10,12H,5-7,9H2,1-4H3,(H,15,16). The lowest BCUT2D eigenvalue weighted by Crippen LogP contribution is -2.42. The van der Waals surface area contributed by atoms with Gasteiger partial charge in [-0.1, -0.05) is 27.7 Å². The lowest BCUT2D eigenvalue weighted by atomic mass is 10.1. The van der Waals surface area contributed by atoms with E-state index in [1.165, 1.54) is 6.20 Å². The molecule has 0 saturated heterocycles. The minimum Gasteiger partial charge on any atom is -0.266 e. The fourth-order valence-corrected chi connectivity index (χ4v) is 4.56. The fourth-order valence-electron chi connectivity index (χ4n) is 2.23. The fraction of sp³-hybridized carbons (Fsp3) is 0.769. The van der Waals surface area contributed by atoms with Gasteiger partial charge in [-0.2, -0.15) is 9.40 Å². The molecule has 1 aromatic rings. The summed E-state index contributed by atoms with van der Waals surface area (Å²) >= 11 is 5.79. The molecule has 20 heavy (non-hydrogen) atoms. The van der Waals surface area contributed by atoms with Gasteiger partial charge >= 0.3 is 0 Å². The number of nitrogens with one attached hydrogen (secondary N) is 1. The van der Waals surface area contributed by atoms with Crippen LogP contribution in [0, 0.1) is 5.92 Å². The van der Waals surface area contributed by atoms with Crippen LogP contribution in [0.2, 0.25) is 0 Å². The van der Waals surface area contributed by atoms with Gasteiger partial charge < -0.3 is 0 Å². The summed E-state index contributed by atoms with van der Waals surface area (Å²) in [5.41, 5.74) is 0.520. The molecule has 0 atom stereocenters. The van der Waals surface area contributed by atoms with Crippen LogP contribution in [0.15, 0.2) is 11.2 Å². The Kier molecular flexibility index (Phi) is 6.48. The summed E-state index contributed by atoms with van der Waals surface area (Å²) in [6, 6.07) is -0.00567. The van der Waals surface area contributed by atoms with Gasteiger partial charge in [0.1, 0.15) is 0 Å². The van der Waals surface area contributed by atoms with Crippen molar-refractivity contribution in [1.82, 2.24) is 14.5 Å². The smallest absolute Gasteiger partial charge is 0.260 e. The van der Waals surface area contributed by atoms with Crippen molar-refractivity contribution in [1.29, 1.82) is 0 Å². The van der Waals surface area contributed by atoms with Gasteiger partial charge in [-0.05, 0) is 18.8 Å². The maximum atomic E-state index is 12.9. The molecular formula is C13H24ClN3O2S. The number of sulfonamides is 1. The molecule has 1 N–H and O–H groups in total. The van der Waals surface area contributed by atoms with E-state index in [0.29, 0.717) is 12.1 Å².